The third-order valence-corrected chi connectivity index (χ3v) is 3.60. The number of rotatable bonds is 7. The number of carbonyl (C=O) groups excluding carboxylic acids is 1. The summed E-state index contributed by atoms with van der Waals surface area (Å²) in [5.41, 5.74) is 0. The van der Waals surface area contributed by atoms with E-state index in [-0.39, 0.29) is 11.8 Å². The van der Waals surface area contributed by atoms with E-state index in [1.165, 1.54) is 12.8 Å². The smallest absolute Gasteiger partial charge is 0.223 e. The highest BCUT2D eigenvalue weighted by Gasteiger charge is 2.21. The molecule has 1 aromatic rings. The Morgan fingerprint density at radius 3 is 2.74 bits per heavy atom. The van der Waals surface area contributed by atoms with Gasteiger partial charge in [-0.15, -0.1) is 0 Å². The van der Waals surface area contributed by atoms with Crippen molar-refractivity contribution in [1.82, 2.24) is 10.3 Å². The van der Waals surface area contributed by atoms with Crippen LogP contribution in [0.25, 0.3) is 0 Å². The summed E-state index contributed by atoms with van der Waals surface area (Å²) in [4.78, 5) is 16.0. The second-order valence-corrected chi connectivity index (χ2v) is 5.12. The van der Waals surface area contributed by atoms with Crippen LogP contribution >= 0.6 is 0 Å². The molecule has 1 aromatic heterocycles. The Bertz CT molecular complexity index is 374. The van der Waals surface area contributed by atoms with Gasteiger partial charge < -0.3 is 10.6 Å². The topological polar surface area (TPSA) is 54.0 Å². The van der Waals surface area contributed by atoms with E-state index < -0.39 is 0 Å². The van der Waals surface area contributed by atoms with Crippen LogP contribution in [0.15, 0.2) is 24.4 Å². The van der Waals surface area contributed by atoms with E-state index in [1.807, 2.05) is 18.2 Å². The summed E-state index contributed by atoms with van der Waals surface area (Å²) in [6, 6.07) is 5.84. The summed E-state index contributed by atoms with van der Waals surface area (Å²) < 4.78 is 0. The number of anilines is 1. The largest absolute Gasteiger partial charge is 0.370 e. The van der Waals surface area contributed by atoms with E-state index in [2.05, 4.69) is 15.6 Å². The molecule has 0 unspecified atom stereocenters. The molecule has 2 N–H and O–H groups in total. The minimum Gasteiger partial charge on any atom is -0.370 e. The maximum absolute atomic E-state index is 11.8. The molecule has 1 heterocycles. The summed E-state index contributed by atoms with van der Waals surface area (Å²) in [5, 5.41) is 6.30. The number of pyridine rings is 1. The van der Waals surface area contributed by atoms with Crippen LogP contribution in [0.2, 0.25) is 0 Å². The van der Waals surface area contributed by atoms with Gasteiger partial charge in [-0.3, -0.25) is 4.79 Å². The first kappa shape index (κ1) is 13.8. The normalized spacial score (nSPS) is 15.4. The van der Waals surface area contributed by atoms with Gasteiger partial charge in [-0.1, -0.05) is 18.9 Å². The molecule has 0 saturated heterocycles. The lowest BCUT2D eigenvalue weighted by atomic mass is 10.1. The molecule has 4 nitrogen and oxygen atoms in total. The quantitative estimate of drug-likeness (QED) is 0.742. The lowest BCUT2D eigenvalue weighted by Gasteiger charge is -2.10. The fourth-order valence-corrected chi connectivity index (χ4v) is 2.48. The van der Waals surface area contributed by atoms with Crippen LogP contribution in [0.5, 0.6) is 0 Å². The molecule has 19 heavy (non-hydrogen) atoms. The Hall–Kier alpha value is -1.58. The first-order valence-electron chi connectivity index (χ1n) is 7.29. The average molecular weight is 261 g/mol. The molecule has 1 saturated carbocycles. The van der Waals surface area contributed by atoms with Crippen molar-refractivity contribution in [2.75, 3.05) is 18.4 Å². The number of amides is 1. The molecule has 1 aliphatic carbocycles. The molecule has 1 aliphatic rings. The molecular weight excluding hydrogens is 238 g/mol. The second kappa shape index (κ2) is 7.77. The van der Waals surface area contributed by atoms with E-state index in [1.54, 1.807) is 6.20 Å². The monoisotopic (exact) mass is 261 g/mol. The molecule has 2 rings (SSSR count). The van der Waals surface area contributed by atoms with Gasteiger partial charge in [0.2, 0.25) is 5.91 Å². The molecule has 0 spiro atoms. The highest BCUT2D eigenvalue weighted by atomic mass is 16.1. The Kier molecular flexibility index (Phi) is 5.66. The summed E-state index contributed by atoms with van der Waals surface area (Å²) >= 11 is 0. The van der Waals surface area contributed by atoms with Gasteiger partial charge in [0.25, 0.3) is 0 Å². The van der Waals surface area contributed by atoms with Crippen molar-refractivity contribution in [2.24, 2.45) is 5.92 Å². The molecule has 0 radical (unpaired) electrons. The van der Waals surface area contributed by atoms with Crippen LogP contribution in [0.3, 0.4) is 0 Å². The van der Waals surface area contributed by atoms with Gasteiger partial charge in [0.15, 0.2) is 0 Å². The number of hydrogen-bond acceptors (Lipinski definition) is 3. The maximum Gasteiger partial charge on any atom is 0.223 e. The predicted octanol–water partition coefficient (Wildman–Crippen LogP) is 2.58. The molecule has 104 valence electrons. The third-order valence-electron chi connectivity index (χ3n) is 3.60. The van der Waals surface area contributed by atoms with Crippen molar-refractivity contribution in [2.45, 2.75) is 38.5 Å². The second-order valence-electron chi connectivity index (χ2n) is 5.12. The number of carbonyl (C=O) groups is 1. The molecule has 0 aromatic carbocycles. The minimum atomic E-state index is 0.259. The van der Waals surface area contributed by atoms with Gasteiger partial charge in [-0.05, 0) is 37.8 Å². The number of hydrogen-bond donors (Lipinski definition) is 2. The zero-order chi connectivity index (χ0) is 13.3. The maximum atomic E-state index is 11.8. The minimum absolute atomic E-state index is 0.259. The van der Waals surface area contributed by atoms with Crippen LogP contribution in [0.1, 0.15) is 38.5 Å². The molecular formula is C15H23N3O. The van der Waals surface area contributed by atoms with E-state index in [4.69, 9.17) is 0 Å². The van der Waals surface area contributed by atoms with E-state index in [0.717, 1.165) is 44.6 Å². The lowest BCUT2D eigenvalue weighted by Crippen LogP contribution is -2.30. The van der Waals surface area contributed by atoms with Gasteiger partial charge in [0.05, 0.1) is 0 Å². The third kappa shape index (κ3) is 4.89. The fourth-order valence-electron chi connectivity index (χ4n) is 2.48. The van der Waals surface area contributed by atoms with Crippen molar-refractivity contribution in [3.63, 3.8) is 0 Å². The van der Waals surface area contributed by atoms with Gasteiger partial charge in [0.1, 0.15) is 5.82 Å². The van der Waals surface area contributed by atoms with Crippen LogP contribution in [0, 0.1) is 5.92 Å². The van der Waals surface area contributed by atoms with Crippen LogP contribution < -0.4 is 10.6 Å². The Morgan fingerprint density at radius 2 is 2.00 bits per heavy atom. The molecule has 1 amide bonds. The predicted molar refractivity (Wildman–Crippen MR) is 76.9 cm³/mol. The summed E-state index contributed by atoms with van der Waals surface area (Å²) in [6.07, 6.45) is 8.42. The van der Waals surface area contributed by atoms with Crippen LogP contribution in [0.4, 0.5) is 5.82 Å². The average Bonchev–Trinajstić information content (AvgIpc) is 2.98. The zero-order valence-corrected chi connectivity index (χ0v) is 11.4. The van der Waals surface area contributed by atoms with Crippen molar-refractivity contribution < 1.29 is 4.79 Å². The zero-order valence-electron chi connectivity index (χ0n) is 11.4. The summed E-state index contributed by atoms with van der Waals surface area (Å²) in [7, 11) is 0. The van der Waals surface area contributed by atoms with Gasteiger partial charge in [0, 0.05) is 25.2 Å². The van der Waals surface area contributed by atoms with E-state index in [0.29, 0.717) is 0 Å². The first-order chi connectivity index (χ1) is 9.36. The Morgan fingerprint density at radius 1 is 1.21 bits per heavy atom. The molecule has 0 bridgehead atoms. The van der Waals surface area contributed by atoms with Crippen molar-refractivity contribution >= 4 is 11.7 Å². The number of nitrogens with one attached hydrogen (secondary N) is 2. The fraction of sp³-hybridized carbons (Fsp3) is 0.600. The first-order valence-corrected chi connectivity index (χ1v) is 7.29. The van der Waals surface area contributed by atoms with Crippen LogP contribution in [-0.2, 0) is 4.79 Å². The number of nitrogens with zero attached hydrogens (tertiary/aromatic N) is 1. The lowest BCUT2D eigenvalue weighted by molar-refractivity contribution is -0.124. The number of aromatic nitrogens is 1. The van der Waals surface area contributed by atoms with Crippen molar-refractivity contribution in [3.8, 4) is 0 Å². The number of unbranched alkanes of at least 4 members (excludes halogenated alkanes) is 1. The highest BCUT2D eigenvalue weighted by molar-refractivity contribution is 5.78. The van der Waals surface area contributed by atoms with Crippen LogP contribution in [-0.4, -0.2) is 24.0 Å². The Labute approximate surface area is 115 Å². The molecule has 1 fully saturated rings. The molecule has 0 aliphatic heterocycles. The van der Waals surface area contributed by atoms with Gasteiger partial charge in [-0.2, -0.15) is 0 Å². The van der Waals surface area contributed by atoms with Crippen molar-refractivity contribution in [3.05, 3.63) is 24.4 Å². The summed E-state index contributed by atoms with van der Waals surface area (Å²) in [5.74, 6) is 1.46. The SMILES string of the molecule is O=C(NCCCCNc1ccccn1)C1CCCC1. The Balaban J connectivity index is 1.49. The van der Waals surface area contributed by atoms with Gasteiger partial charge in [-0.25, -0.2) is 4.98 Å². The molecule has 4 heteroatoms. The van der Waals surface area contributed by atoms with E-state index >= 15 is 0 Å². The van der Waals surface area contributed by atoms with Crippen molar-refractivity contribution in [1.29, 1.82) is 0 Å². The van der Waals surface area contributed by atoms with Gasteiger partial charge >= 0.3 is 0 Å². The molecule has 0 atom stereocenters. The highest BCUT2D eigenvalue weighted by Crippen LogP contribution is 2.24. The standard InChI is InChI=1S/C15H23N3O/c19-15(13-7-1-2-8-13)18-12-6-5-11-17-14-9-3-4-10-16-14/h3-4,9-10,13H,1-2,5-8,11-12H2,(H,16,17)(H,18,19). The summed E-state index contributed by atoms with van der Waals surface area (Å²) in [6.45, 7) is 1.69. The van der Waals surface area contributed by atoms with E-state index in [9.17, 15) is 4.79 Å².